The highest BCUT2D eigenvalue weighted by Gasteiger charge is 2.39. The van der Waals surface area contributed by atoms with Gasteiger partial charge in [-0.05, 0) is 40.9 Å². The Kier molecular flexibility index (Phi) is 3.39. The SMILES string of the molecule is CN1CC2CN(c3nc4ncc(Br)cc4nc3NN)CC2C1. The fourth-order valence-corrected chi connectivity index (χ4v) is 3.95. The second-order valence-corrected chi connectivity index (χ2v) is 7.10. The number of nitrogen functional groups attached to an aromatic ring is 1. The Morgan fingerprint density at radius 3 is 2.64 bits per heavy atom. The lowest BCUT2D eigenvalue weighted by molar-refractivity contribution is 0.387. The first-order chi connectivity index (χ1) is 10.6. The number of nitrogens with zero attached hydrogens (tertiary/aromatic N) is 5. The van der Waals surface area contributed by atoms with Crippen molar-refractivity contribution in [3.63, 3.8) is 0 Å². The molecule has 0 amide bonds. The smallest absolute Gasteiger partial charge is 0.184 e. The van der Waals surface area contributed by atoms with Gasteiger partial charge < -0.3 is 15.2 Å². The molecule has 0 aliphatic carbocycles. The van der Waals surface area contributed by atoms with Gasteiger partial charge in [0.1, 0.15) is 5.52 Å². The molecule has 2 aliphatic heterocycles. The second kappa shape index (κ2) is 5.29. The van der Waals surface area contributed by atoms with Crippen LogP contribution in [0.25, 0.3) is 11.2 Å². The van der Waals surface area contributed by atoms with Gasteiger partial charge in [-0.2, -0.15) is 0 Å². The molecule has 0 radical (unpaired) electrons. The second-order valence-electron chi connectivity index (χ2n) is 6.18. The number of anilines is 2. The minimum Gasteiger partial charge on any atom is -0.353 e. The largest absolute Gasteiger partial charge is 0.353 e. The molecule has 2 unspecified atom stereocenters. The van der Waals surface area contributed by atoms with E-state index >= 15 is 0 Å². The zero-order valence-corrected chi connectivity index (χ0v) is 13.9. The first-order valence-corrected chi connectivity index (χ1v) is 8.16. The molecule has 0 aromatic carbocycles. The summed E-state index contributed by atoms with van der Waals surface area (Å²) < 4.78 is 0.878. The Labute approximate surface area is 137 Å². The van der Waals surface area contributed by atoms with Gasteiger partial charge >= 0.3 is 0 Å². The highest BCUT2D eigenvalue weighted by molar-refractivity contribution is 9.10. The zero-order valence-electron chi connectivity index (χ0n) is 12.3. The van der Waals surface area contributed by atoms with Gasteiger partial charge in [0.2, 0.25) is 0 Å². The highest BCUT2D eigenvalue weighted by Crippen LogP contribution is 2.35. The first-order valence-electron chi connectivity index (χ1n) is 7.37. The summed E-state index contributed by atoms with van der Waals surface area (Å²) in [5, 5.41) is 0. The van der Waals surface area contributed by atoms with Crippen LogP contribution in [0, 0.1) is 11.8 Å². The number of halogens is 1. The summed E-state index contributed by atoms with van der Waals surface area (Å²) in [4.78, 5) is 18.3. The summed E-state index contributed by atoms with van der Waals surface area (Å²) in [6.07, 6.45) is 1.74. The van der Waals surface area contributed by atoms with E-state index in [1.807, 2.05) is 6.07 Å². The molecule has 4 rings (SSSR count). The topological polar surface area (TPSA) is 83.2 Å². The lowest BCUT2D eigenvalue weighted by Gasteiger charge is -2.22. The van der Waals surface area contributed by atoms with E-state index in [2.05, 4.69) is 48.2 Å². The summed E-state index contributed by atoms with van der Waals surface area (Å²) >= 11 is 3.40. The molecule has 0 saturated carbocycles. The van der Waals surface area contributed by atoms with Gasteiger partial charge in [-0.3, -0.25) is 0 Å². The van der Waals surface area contributed by atoms with Crippen molar-refractivity contribution in [2.24, 2.45) is 17.7 Å². The first kappa shape index (κ1) is 14.1. The molecule has 0 spiro atoms. The van der Waals surface area contributed by atoms with E-state index in [-0.39, 0.29) is 0 Å². The molecule has 0 bridgehead atoms. The van der Waals surface area contributed by atoms with Crippen molar-refractivity contribution in [3.8, 4) is 0 Å². The number of rotatable bonds is 2. The molecule has 3 N–H and O–H groups in total. The number of fused-ring (bicyclic) bond motifs is 2. The number of nitrogens with two attached hydrogens (primary N) is 1. The van der Waals surface area contributed by atoms with Crippen LogP contribution in [0.2, 0.25) is 0 Å². The summed E-state index contributed by atoms with van der Waals surface area (Å²) in [5.74, 6) is 8.48. The molecule has 8 heteroatoms. The van der Waals surface area contributed by atoms with Crippen molar-refractivity contribution in [2.45, 2.75) is 0 Å². The highest BCUT2D eigenvalue weighted by atomic mass is 79.9. The third-order valence-corrected chi connectivity index (χ3v) is 5.01. The molecule has 22 heavy (non-hydrogen) atoms. The van der Waals surface area contributed by atoms with Crippen molar-refractivity contribution in [1.82, 2.24) is 19.9 Å². The molecule has 2 aromatic heterocycles. The number of likely N-dealkylation sites (tertiary alicyclic amines) is 1. The van der Waals surface area contributed by atoms with E-state index in [9.17, 15) is 0 Å². The van der Waals surface area contributed by atoms with E-state index in [1.165, 1.54) is 0 Å². The van der Waals surface area contributed by atoms with Gasteiger partial charge in [-0.15, -0.1) is 0 Å². The van der Waals surface area contributed by atoms with Crippen LogP contribution in [0.5, 0.6) is 0 Å². The number of aromatic nitrogens is 3. The van der Waals surface area contributed by atoms with Gasteiger partial charge in [-0.25, -0.2) is 20.8 Å². The van der Waals surface area contributed by atoms with Crippen LogP contribution in [0.15, 0.2) is 16.7 Å². The predicted molar refractivity (Wildman–Crippen MR) is 89.5 cm³/mol. The average Bonchev–Trinajstić information content (AvgIpc) is 3.02. The quantitative estimate of drug-likeness (QED) is 0.609. The summed E-state index contributed by atoms with van der Waals surface area (Å²) in [6.45, 7) is 4.30. The van der Waals surface area contributed by atoms with Crippen LogP contribution in [-0.2, 0) is 0 Å². The van der Waals surface area contributed by atoms with Crippen LogP contribution < -0.4 is 16.2 Å². The van der Waals surface area contributed by atoms with Crippen LogP contribution in [0.1, 0.15) is 0 Å². The van der Waals surface area contributed by atoms with Crippen molar-refractivity contribution in [3.05, 3.63) is 16.7 Å². The number of hydrogen-bond acceptors (Lipinski definition) is 7. The van der Waals surface area contributed by atoms with E-state index in [1.54, 1.807) is 6.20 Å². The predicted octanol–water partition coefficient (Wildman–Crippen LogP) is 1.07. The maximum Gasteiger partial charge on any atom is 0.184 e. The lowest BCUT2D eigenvalue weighted by atomic mass is 10.0. The van der Waals surface area contributed by atoms with Crippen LogP contribution in [0.3, 0.4) is 0 Å². The van der Waals surface area contributed by atoms with Crippen LogP contribution in [-0.4, -0.2) is 53.1 Å². The van der Waals surface area contributed by atoms with E-state index in [4.69, 9.17) is 10.8 Å². The third kappa shape index (κ3) is 2.31. The molecule has 7 nitrogen and oxygen atoms in total. The minimum absolute atomic E-state index is 0.612. The van der Waals surface area contributed by atoms with Gasteiger partial charge in [-0.1, -0.05) is 0 Å². The fraction of sp³-hybridized carbons (Fsp3) is 0.500. The molecular formula is C14H18BrN7. The third-order valence-electron chi connectivity index (χ3n) is 4.57. The zero-order chi connectivity index (χ0) is 15.3. The Morgan fingerprint density at radius 1 is 1.23 bits per heavy atom. The van der Waals surface area contributed by atoms with E-state index < -0.39 is 0 Å². The molecule has 2 saturated heterocycles. The molecule has 2 fully saturated rings. The Bertz CT molecular complexity index is 708. The normalized spacial score (nSPS) is 25.0. The van der Waals surface area contributed by atoms with E-state index in [0.717, 1.165) is 42.0 Å². The summed E-state index contributed by atoms with van der Waals surface area (Å²) in [6, 6.07) is 1.90. The molecule has 116 valence electrons. The Balaban J connectivity index is 1.71. The van der Waals surface area contributed by atoms with Gasteiger partial charge in [0.05, 0.1) is 0 Å². The molecule has 4 heterocycles. The minimum atomic E-state index is 0.612. The molecular weight excluding hydrogens is 346 g/mol. The van der Waals surface area contributed by atoms with Gasteiger partial charge in [0.15, 0.2) is 17.3 Å². The van der Waals surface area contributed by atoms with Crippen molar-refractivity contribution < 1.29 is 0 Å². The van der Waals surface area contributed by atoms with E-state index in [0.29, 0.717) is 23.3 Å². The number of hydrogen-bond donors (Lipinski definition) is 2. The maximum atomic E-state index is 5.67. The number of nitrogens with one attached hydrogen (secondary N) is 1. The Morgan fingerprint density at radius 2 is 1.95 bits per heavy atom. The number of hydrazine groups is 1. The van der Waals surface area contributed by atoms with Crippen LogP contribution in [0.4, 0.5) is 11.6 Å². The standard InChI is InChI=1S/C14H18BrN7/c1-21-4-8-6-22(7-9(8)5-21)14-13(20-16)18-11-2-10(15)3-17-12(11)19-14/h2-3,8-9H,4-7,16H2,1H3,(H,18,20). The number of pyridine rings is 1. The fourth-order valence-electron chi connectivity index (χ4n) is 3.63. The maximum absolute atomic E-state index is 5.67. The monoisotopic (exact) mass is 363 g/mol. The molecule has 2 aromatic rings. The summed E-state index contributed by atoms with van der Waals surface area (Å²) in [5.41, 5.74) is 4.06. The average molecular weight is 364 g/mol. The van der Waals surface area contributed by atoms with Gasteiger partial charge in [0, 0.05) is 36.8 Å². The van der Waals surface area contributed by atoms with Crippen LogP contribution >= 0.6 is 15.9 Å². The molecule has 2 atom stereocenters. The Hall–Kier alpha value is -1.51. The molecule has 2 aliphatic rings. The lowest BCUT2D eigenvalue weighted by Crippen LogP contribution is -2.29. The van der Waals surface area contributed by atoms with Crippen molar-refractivity contribution in [1.29, 1.82) is 0 Å². The van der Waals surface area contributed by atoms with Crippen molar-refractivity contribution in [2.75, 3.05) is 43.6 Å². The summed E-state index contributed by atoms with van der Waals surface area (Å²) in [7, 11) is 2.19. The van der Waals surface area contributed by atoms with Gasteiger partial charge in [0.25, 0.3) is 0 Å². The van der Waals surface area contributed by atoms with Crippen molar-refractivity contribution >= 4 is 38.7 Å².